The topological polar surface area (TPSA) is 104 Å². The van der Waals surface area contributed by atoms with Crippen molar-refractivity contribution in [3.63, 3.8) is 0 Å². The highest BCUT2D eigenvalue weighted by molar-refractivity contribution is 7.91. The molecule has 2 rings (SSSR count). The van der Waals surface area contributed by atoms with Crippen LogP contribution in [0.3, 0.4) is 0 Å². The van der Waals surface area contributed by atoms with Crippen LogP contribution in [0.15, 0.2) is 15.7 Å². The largest absolute Gasteiger partial charge is 0.478 e. The molecule has 0 aromatic carbocycles. The van der Waals surface area contributed by atoms with Gasteiger partial charge in [0.25, 0.3) is 10.0 Å². The second kappa shape index (κ2) is 5.78. The lowest BCUT2D eigenvalue weighted by Crippen LogP contribution is -2.50. The Labute approximate surface area is 120 Å². The Kier molecular flexibility index (Phi) is 4.45. The van der Waals surface area contributed by atoms with E-state index in [4.69, 9.17) is 14.9 Å². The van der Waals surface area contributed by atoms with E-state index in [2.05, 4.69) is 0 Å². The van der Waals surface area contributed by atoms with Gasteiger partial charge in [-0.05, 0) is 13.0 Å². The fourth-order valence-corrected chi connectivity index (χ4v) is 4.84. The van der Waals surface area contributed by atoms with Gasteiger partial charge in [-0.15, -0.1) is 11.3 Å². The van der Waals surface area contributed by atoms with Gasteiger partial charge in [-0.2, -0.15) is 4.31 Å². The Morgan fingerprint density at radius 2 is 2.25 bits per heavy atom. The van der Waals surface area contributed by atoms with Crippen LogP contribution in [0.2, 0.25) is 0 Å². The predicted octanol–water partition coefficient (Wildman–Crippen LogP) is 0.217. The summed E-state index contributed by atoms with van der Waals surface area (Å²) in [5, 5.41) is 19.3. The number of nitrogens with zero attached hydrogens (tertiary/aromatic N) is 1. The molecule has 0 spiro atoms. The van der Waals surface area contributed by atoms with Crippen molar-refractivity contribution in [2.75, 3.05) is 19.7 Å². The average molecular weight is 321 g/mol. The van der Waals surface area contributed by atoms with Crippen LogP contribution < -0.4 is 0 Å². The predicted molar refractivity (Wildman–Crippen MR) is 71.5 cm³/mol. The Hall–Kier alpha value is -1.00. The lowest BCUT2D eigenvalue weighted by molar-refractivity contribution is -0.0750. The summed E-state index contributed by atoms with van der Waals surface area (Å²) in [4.78, 5) is 10.8. The molecule has 1 aromatic heterocycles. The van der Waals surface area contributed by atoms with Gasteiger partial charge in [0.05, 0.1) is 24.4 Å². The molecular weight excluding hydrogens is 306 g/mol. The highest BCUT2D eigenvalue weighted by Crippen LogP contribution is 2.26. The maximum Gasteiger partial charge on any atom is 0.336 e. The zero-order valence-electron chi connectivity index (χ0n) is 10.7. The van der Waals surface area contributed by atoms with E-state index in [9.17, 15) is 13.2 Å². The summed E-state index contributed by atoms with van der Waals surface area (Å²) in [5.74, 6) is -1.16. The lowest BCUT2D eigenvalue weighted by Gasteiger charge is -2.34. The number of hydrogen-bond acceptors (Lipinski definition) is 6. The molecule has 7 nitrogen and oxygen atoms in total. The molecule has 9 heteroatoms. The first-order valence-corrected chi connectivity index (χ1v) is 8.25. The molecule has 0 saturated carbocycles. The van der Waals surface area contributed by atoms with Gasteiger partial charge in [-0.1, -0.05) is 0 Å². The van der Waals surface area contributed by atoms with Crippen LogP contribution in [0.25, 0.3) is 0 Å². The van der Waals surface area contributed by atoms with E-state index in [0.717, 1.165) is 17.4 Å². The molecule has 1 aliphatic heterocycles. The molecule has 20 heavy (non-hydrogen) atoms. The second-order valence-electron chi connectivity index (χ2n) is 4.53. The molecule has 1 aromatic rings. The van der Waals surface area contributed by atoms with Gasteiger partial charge in [-0.3, -0.25) is 0 Å². The molecule has 0 aliphatic carbocycles. The third kappa shape index (κ3) is 3.01. The van der Waals surface area contributed by atoms with Gasteiger partial charge < -0.3 is 14.9 Å². The molecule has 2 unspecified atom stereocenters. The maximum absolute atomic E-state index is 12.4. The fraction of sp³-hybridized carbons (Fsp3) is 0.545. The Morgan fingerprint density at radius 1 is 1.55 bits per heavy atom. The van der Waals surface area contributed by atoms with E-state index in [0.29, 0.717) is 0 Å². The van der Waals surface area contributed by atoms with Crippen LogP contribution in [-0.4, -0.2) is 60.8 Å². The molecule has 1 fully saturated rings. The van der Waals surface area contributed by atoms with Crippen LogP contribution in [0.4, 0.5) is 0 Å². The molecule has 2 N–H and O–H groups in total. The van der Waals surface area contributed by atoms with E-state index in [-0.39, 0.29) is 35.6 Å². The van der Waals surface area contributed by atoms with E-state index >= 15 is 0 Å². The minimum atomic E-state index is -3.75. The molecule has 1 aliphatic rings. The van der Waals surface area contributed by atoms with E-state index in [1.165, 1.54) is 9.69 Å². The minimum Gasteiger partial charge on any atom is -0.478 e. The number of carboxylic acids is 1. The van der Waals surface area contributed by atoms with Gasteiger partial charge in [0, 0.05) is 18.5 Å². The van der Waals surface area contributed by atoms with Crippen molar-refractivity contribution in [1.29, 1.82) is 0 Å². The van der Waals surface area contributed by atoms with Crippen LogP contribution in [0, 0.1) is 0 Å². The normalized spacial score (nSPS) is 24.7. The third-order valence-electron chi connectivity index (χ3n) is 2.91. The Balaban J connectivity index is 2.26. The van der Waals surface area contributed by atoms with Crippen LogP contribution >= 0.6 is 11.3 Å². The van der Waals surface area contributed by atoms with Crippen molar-refractivity contribution in [2.45, 2.75) is 23.3 Å². The van der Waals surface area contributed by atoms with Crippen LogP contribution in [0.5, 0.6) is 0 Å². The smallest absolute Gasteiger partial charge is 0.336 e. The standard InChI is InChI=1S/C11H15NO6S2/c1-7-3-12(4-9(5-13)18-7)20(16,17)10-2-8(6-19-10)11(14)15/h2,6-7,9,13H,3-5H2,1H3,(H,14,15). The number of thiophene rings is 1. The van der Waals surface area contributed by atoms with E-state index < -0.39 is 22.1 Å². The first kappa shape index (κ1) is 15.4. The maximum atomic E-state index is 12.4. The van der Waals surface area contributed by atoms with Crippen molar-refractivity contribution in [3.05, 3.63) is 17.0 Å². The van der Waals surface area contributed by atoms with Gasteiger partial charge in [0.2, 0.25) is 0 Å². The number of rotatable bonds is 4. The van der Waals surface area contributed by atoms with Crippen LogP contribution in [0.1, 0.15) is 17.3 Å². The summed E-state index contributed by atoms with van der Waals surface area (Å²) >= 11 is 0.875. The van der Waals surface area contributed by atoms with Crippen molar-refractivity contribution in [1.82, 2.24) is 4.31 Å². The highest BCUT2D eigenvalue weighted by atomic mass is 32.2. The van der Waals surface area contributed by atoms with E-state index in [1.807, 2.05) is 0 Å². The van der Waals surface area contributed by atoms with Gasteiger partial charge in [0.15, 0.2) is 0 Å². The summed E-state index contributed by atoms with van der Waals surface area (Å²) in [7, 11) is -3.75. The third-order valence-corrected chi connectivity index (χ3v) is 6.16. The molecule has 1 saturated heterocycles. The average Bonchev–Trinajstić information content (AvgIpc) is 2.88. The molecular formula is C11H15NO6S2. The zero-order valence-corrected chi connectivity index (χ0v) is 12.4. The number of aliphatic hydroxyl groups is 1. The van der Waals surface area contributed by atoms with Crippen molar-refractivity contribution in [3.8, 4) is 0 Å². The van der Waals surface area contributed by atoms with Crippen LogP contribution in [-0.2, 0) is 14.8 Å². The number of aliphatic hydroxyl groups excluding tert-OH is 1. The molecule has 2 atom stereocenters. The van der Waals surface area contributed by atoms with E-state index in [1.54, 1.807) is 6.92 Å². The van der Waals surface area contributed by atoms with Crippen molar-refractivity contribution < 1.29 is 28.2 Å². The number of sulfonamides is 1. The summed E-state index contributed by atoms with van der Waals surface area (Å²) in [5.41, 5.74) is -0.0476. The SMILES string of the molecule is CC1CN(S(=O)(=O)c2cc(C(=O)O)cs2)CC(CO)O1. The quantitative estimate of drug-likeness (QED) is 0.822. The summed E-state index contributed by atoms with van der Waals surface area (Å²) in [6.07, 6.45) is -0.887. The summed E-state index contributed by atoms with van der Waals surface area (Å²) in [6, 6.07) is 1.15. The zero-order chi connectivity index (χ0) is 14.9. The van der Waals surface area contributed by atoms with Crippen molar-refractivity contribution >= 4 is 27.3 Å². The first-order valence-electron chi connectivity index (χ1n) is 5.93. The Bertz CT molecular complexity index is 596. The molecule has 0 amide bonds. The summed E-state index contributed by atoms with van der Waals surface area (Å²) < 4.78 is 31.5. The van der Waals surface area contributed by atoms with Gasteiger partial charge >= 0.3 is 5.97 Å². The Morgan fingerprint density at radius 3 is 2.80 bits per heavy atom. The minimum absolute atomic E-state index is 0.0133. The summed E-state index contributed by atoms with van der Waals surface area (Å²) in [6.45, 7) is 1.70. The van der Waals surface area contributed by atoms with Gasteiger partial charge in [-0.25, -0.2) is 13.2 Å². The second-order valence-corrected chi connectivity index (χ2v) is 7.61. The fourth-order valence-electron chi connectivity index (χ4n) is 1.99. The monoisotopic (exact) mass is 321 g/mol. The number of hydrogen-bond donors (Lipinski definition) is 2. The van der Waals surface area contributed by atoms with Crippen molar-refractivity contribution in [2.24, 2.45) is 0 Å². The number of ether oxygens (including phenoxy) is 1. The molecule has 112 valence electrons. The molecule has 2 heterocycles. The number of aromatic carboxylic acids is 1. The molecule has 0 radical (unpaired) electrons. The van der Waals surface area contributed by atoms with Gasteiger partial charge in [0.1, 0.15) is 4.21 Å². The number of carbonyl (C=O) groups is 1. The number of morpholine rings is 1. The highest BCUT2D eigenvalue weighted by Gasteiger charge is 2.34. The lowest BCUT2D eigenvalue weighted by atomic mass is 10.2. The molecule has 0 bridgehead atoms. The number of carboxylic acid groups (broad SMARTS) is 1. The first-order chi connectivity index (χ1) is 9.34.